The highest BCUT2D eigenvalue weighted by atomic mass is 19.1. The molecule has 1 aliphatic heterocycles. The van der Waals surface area contributed by atoms with Gasteiger partial charge in [-0.05, 0) is 47.9 Å². The van der Waals surface area contributed by atoms with E-state index in [0.717, 1.165) is 30.6 Å². The zero-order valence-electron chi connectivity index (χ0n) is 11.2. The summed E-state index contributed by atoms with van der Waals surface area (Å²) in [5.41, 5.74) is 4.10. The van der Waals surface area contributed by atoms with Gasteiger partial charge in [-0.2, -0.15) is 0 Å². The van der Waals surface area contributed by atoms with Crippen molar-refractivity contribution < 1.29 is 9.18 Å². The van der Waals surface area contributed by atoms with Gasteiger partial charge >= 0.3 is 0 Å². The SMILES string of the molecule is O=C(Cc1ccc(F)cc1)c1ccc2c(c1)CNCC2. The molecule has 1 heterocycles. The van der Waals surface area contributed by atoms with Crippen LogP contribution in [0.4, 0.5) is 4.39 Å². The minimum Gasteiger partial charge on any atom is -0.312 e. The zero-order valence-corrected chi connectivity index (χ0v) is 11.2. The van der Waals surface area contributed by atoms with Crippen LogP contribution in [0.3, 0.4) is 0 Å². The van der Waals surface area contributed by atoms with E-state index in [9.17, 15) is 9.18 Å². The lowest BCUT2D eigenvalue weighted by atomic mass is 9.95. The topological polar surface area (TPSA) is 29.1 Å². The van der Waals surface area contributed by atoms with Crippen molar-refractivity contribution in [3.63, 3.8) is 0 Å². The number of benzene rings is 2. The minimum atomic E-state index is -0.277. The fourth-order valence-electron chi connectivity index (χ4n) is 2.54. The molecule has 3 rings (SSSR count). The van der Waals surface area contributed by atoms with E-state index in [2.05, 4.69) is 5.32 Å². The van der Waals surface area contributed by atoms with Crippen molar-refractivity contribution >= 4 is 5.78 Å². The summed E-state index contributed by atoms with van der Waals surface area (Å²) >= 11 is 0. The molecule has 0 unspecified atom stereocenters. The number of carbonyl (C=O) groups is 1. The fourth-order valence-corrected chi connectivity index (χ4v) is 2.54. The van der Waals surface area contributed by atoms with Crippen LogP contribution in [0, 0.1) is 5.82 Å². The molecule has 2 nitrogen and oxygen atoms in total. The highest BCUT2D eigenvalue weighted by Gasteiger charge is 2.13. The second-order valence-electron chi connectivity index (χ2n) is 5.14. The van der Waals surface area contributed by atoms with E-state index in [4.69, 9.17) is 0 Å². The van der Waals surface area contributed by atoms with Gasteiger partial charge in [-0.15, -0.1) is 0 Å². The fraction of sp³-hybridized carbons (Fsp3) is 0.235. The molecular weight excluding hydrogens is 253 g/mol. The summed E-state index contributed by atoms with van der Waals surface area (Å²) in [7, 11) is 0. The lowest BCUT2D eigenvalue weighted by Crippen LogP contribution is -2.23. The lowest BCUT2D eigenvalue weighted by molar-refractivity contribution is 0.0993. The van der Waals surface area contributed by atoms with Crippen molar-refractivity contribution in [2.75, 3.05) is 6.54 Å². The van der Waals surface area contributed by atoms with Gasteiger partial charge in [0.25, 0.3) is 0 Å². The Hall–Kier alpha value is -2.00. The van der Waals surface area contributed by atoms with E-state index in [1.807, 2.05) is 18.2 Å². The van der Waals surface area contributed by atoms with E-state index in [1.165, 1.54) is 23.3 Å². The van der Waals surface area contributed by atoms with Gasteiger partial charge in [0.2, 0.25) is 0 Å². The molecule has 102 valence electrons. The molecule has 3 heteroatoms. The summed E-state index contributed by atoms with van der Waals surface area (Å²) in [4.78, 5) is 12.3. The summed E-state index contributed by atoms with van der Waals surface area (Å²) in [5, 5.41) is 3.31. The number of hydrogen-bond donors (Lipinski definition) is 1. The summed E-state index contributed by atoms with van der Waals surface area (Å²) in [6.07, 6.45) is 1.33. The first-order valence-corrected chi connectivity index (χ1v) is 6.82. The molecule has 20 heavy (non-hydrogen) atoms. The van der Waals surface area contributed by atoms with Crippen LogP contribution in [-0.2, 0) is 19.4 Å². The molecule has 1 aliphatic rings. The third-order valence-corrected chi connectivity index (χ3v) is 3.69. The number of ketones is 1. The zero-order chi connectivity index (χ0) is 13.9. The van der Waals surface area contributed by atoms with Gasteiger partial charge in [0.05, 0.1) is 0 Å². The minimum absolute atomic E-state index is 0.0741. The molecule has 0 radical (unpaired) electrons. The van der Waals surface area contributed by atoms with Crippen molar-refractivity contribution in [3.8, 4) is 0 Å². The van der Waals surface area contributed by atoms with Crippen molar-refractivity contribution in [2.45, 2.75) is 19.4 Å². The molecule has 2 aromatic rings. The molecule has 0 saturated carbocycles. The maximum atomic E-state index is 12.8. The third-order valence-electron chi connectivity index (χ3n) is 3.69. The molecule has 0 amide bonds. The molecule has 0 aromatic heterocycles. The van der Waals surface area contributed by atoms with Crippen molar-refractivity contribution in [1.82, 2.24) is 5.32 Å². The van der Waals surface area contributed by atoms with Gasteiger partial charge in [0, 0.05) is 18.5 Å². The Morgan fingerprint density at radius 1 is 1.10 bits per heavy atom. The molecular formula is C17H16FNO. The number of Topliss-reactive ketones (excluding diaryl/α,β-unsaturated/α-hetero) is 1. The number of carbonyl (C=O) groups excluding carboxylic acids is 1. The van der Waals surface area contributed by atoms with Crippen molar-refractivity contribution in [1.29, 1.82) is 0 Å². The van der Waals surface area contributed by atoms with E-state index in [-0.39, 0.29) is 11.6 Å². The maximum Gasteiger partial charge on any atom is 0.167 e. The smallest absolute Gasteiger partial charge is 0.167 e. The Bertz CT molecular complexity index is 634. The number of halogens is 1. The number of nitrogens with one attached hydrogen (secondary N) is 1. The molecule has 0 spiro atoms. The second kappa shape index (κ2) is 5.55. The number of hydrogen-bond acceptors (Lipinski definition) is 2. The highest BCUT2D eigenvalue weighted by molar-refractivity contribution is 5.97. The van der Waals surface area contributed by atoms with E-state index in [1.54, 1.807) is 12.1 Å². The number of fused-ring (bicyclic) bond motifs is 1. The predicted molar refractivity (Wildman–Crippen MR) is 76.3 cm³/mol. The first-order valence-electron chi connectivity index (χ1n) is 6.82. The van der Waals surface area contributed by atoms with E-state index >= 15 is 0 Å². The van der Waals surface area contributed by atoms with Crippen LogP contribution in [0.1, 0.15) is 27.0 Å². The number of rotatable bonds is 3. The Kier molecular flexibility index (Phi) is 3.61. The molecule has 0 atom stereocenters. The largest absolute Gasteiger partial charge is 0.312 e. The predicted octanol–water partition coefficient (Wildman–Crippen LogP) is 2.90. The summed E-state index contributed by atoms with van der Waals surface area (Å²) < 4.78 is 12.8. The van der Waals surface area contributed by atoms with Gasteiger partial charge in [-0.25, -0.2) is 4.39 Å². The van der Waals surface area contributed by atoms with Crippen LogP contribution < -0.4 is 5.32 Å². The third kappa shape index (κ3) is 2.78. The second-order valence-corrected chi connectivity index (χ2v) is 5.14. The van der Waals surface area contributed by atoms with Crippen LogP contribution >= 0.6 is 0 Å². The molecule has 0 bridgehead atoms. The maximum absolute atomic E-state index is 12.8. The van der Waals surface area contributed by atoms with Crippen molar-refractivity contribution in [3.05, 3.63) is 70.5 Å². The lowest BCUT2D eigenvalue weighted by Gasteiger charge is -2.17. The molecule has 2 aromatic carbocycles. The standard InChI is InChI=1S/C17H16FNO/c18-16-5-1-12(2-6-16)9-17(20)14-4-3-13-7-8-19-11-15(13)10-14/h1-6,10,19H,7-9,11H2. The van der Waals surface area contributed by atoms with Gasteiger partial charge < -0.3 is 5.32 Å². The average Bonchev–Trinajstić information content (AvgIpc) is 2.49. The first kappa shape index (κ1) is 13.0. The average molecular weight is 269 g/mol. The Morgan fingerprint density at radius 2 is 1.90 bits per heavy atom. The quantitative estimate of drug-likeness (QED) is 0.868. The first-order chi connectivity index (χ1) is 9.72. The van der Waals surface area contributed by atoms with Gasteiger partial charge in [0.15, 0.2) is 5.78 Å². The summed E-state index contributed by atoms with van der Waals surface area (Å²) in [5.74, 6) is -0.203. The highest BCUT2D eigenvalue weighted by Crippen LogP contribution is 2.17. The van der Waals surface area contributed by atoms with Crippen LogP contribution in [-0.4, -0.2) is 12.3 Å². The van der Waals surface area contributed by atoms with E-state index in [0.29, 0.717) is 6.42 Å². The Labute approximate surface area is 117 Å². The monoisotopic (exact) mass is 269 g/mol. The van der Waals surface area contributed by atoms with Crippen LogP contribution in [0.15, 0.2) is 42.5 Å². The van der Waals surface area contributed by atoms with Gasteiger partial charge in [-0.3, -0.25) is 4.79 Å². The van der Waals surface area contributed by atoms with Crippen molar-refractivity contribution in [2.24, 2.45) is 0 Å². The molecule has 1 N–H and O–H groups in total. The summed E-state index contributed by atoms with van der Waals surface area (Å²) in [6, 6.07) is 12.0. The van der Waals surface area contributed by atoms with Gasteiger partial charge in [-0.1, -0.05) is 24.3 Å². The Morgan fingerprint density at radius 3 is 2.70 bits per heavy atom. The van der Waals surface area contributed by atoms with Gasteiger partial charge in [0.1, 0.15) is 5.82 Å². The normalized spacial score (nSPS) is 13.8. The molecule has 0 saturated heterocycles. The van der Waals surface area contributed by atoms with Crippen LogP contribution in [0.5, 0.6) is 0 Å². The summed E-state index contributed by atoms with van der Waals surface area (Å²) in [6.45, 7) is 1.82. The Balaban J connectivity index is 1.78. The molecule has 0 fully saturated rings. The van der Waals surface area contributed by atoms with Crippen LogP contribution in [0.25, 0.3) is 0 Å². The van der Waals surface area contributed by atoms with Crippen LogP contribution in [0.2, 0.25) is 0 Å². The van der Waals surface area contributed by atoms with E-state index < -0.39 is 0 Å². The molecule has 0 aliphatic carbocycles.